The van der Waals surface area contributed by atoms with Crippen molar-refractivity contribution in [3.63, 3.8) is 0 Å². The number of nitrogens with zero attached hydrogens (tertiary/aromatic N) is 4. The van der Waals surface area contributed by atoms with Gasteiger partial charge in [0.05, 0.1) is 27.3 Å². The zero-order valence-electron chi connectivity index (χ0n) is 13.5. The van der Waals surface area contributed by atoms with E-state index in [0.29, 0.717) is 16.4 Å². The highest BCUT2D eigenvalue weighted by Crippen LogP contribution is 2.29. The number of rotatable bonds is 4. The number of hydrogen-bond acceptors (Lipinski definition) is 4. The lowest BCUT2D eigenvalue weighted by Gasteiger charge is -2.12. The average Bonchev–Trinajstić information content (AvgIpc) is 3.14. The quantitative estimate of drug-likeness (QED) is 0.214. The van der Waals surface area contributed by atoms with Gasteiger partial charge in [0.1, 0.15) is 0 Å². The van der Waals surface area contributed by atoms with Crippen molar-refractivity contribution in [3.05, 3.63) is 71.4 Å². The number of benzene rings is 2. The van der Waals surface area contributed by atoms with Gasteiger partial charge in [0, 0.05) is 11.8 Å². The first-order valence-electron chi connectivity index (χ1n) is 7.80. The van der Waals surface area contributed by atoms with E-state index < -0.39 is 0 Å². The minimum absolute atomic E-state index is 0.164. The molecule has 0 aliphatic rings. The summed E-state index contributed by atoms with van der Waals surface area (Å²) in [6, 6.07) is 17.0. The lowest BCUT2D eigenvalue weighted by Crippen LogP contribution is -2.12. The Morgan fingerprint density at radius 1 is 1.12 bits per heavy atom. The topological polar surface area (TPSA) is 104 Å². The molecule has 2 aromatic heterocycles. The summed E-state index contributed by atoms with van der Waals surface area (Å²) in [6.07, 6.45) is 1.97. The Labute approximate surface area is 153 Å². The van der Waals surface area contributed by atoms with Gasteiger partial charge in [-0.25, -0.2) is 4.98 Å². The van der Waals surface area contributed by atoms with Crippen molar-refractivity contribution in [2.75, 3.05) is 5.32 Å². The van der Waals surface area contributed by atoms with Gasteiger partial charge in [-0.2, -0.15) is 5.53 Å². The summed E-state index contributed by atoms with van der Waals surface area (Å²) in [5.41, 5.74) is 16.7. The van der Waals surface area contributed by atoms with E-state index in [2.05, 4.69) is 15.6 Å². The van der Waals surface area contributed by atoms with E-state index in [-0.39, 0.29) is 5.84 Å². The van der Waals surface area contributed by atoms with Crippen molar-refractivity contribution in [1.29, 1.82) is 5.53 Å². The maximum Gasteiger partial charge on any atom is 0.155 e. The third kappa shape index (κ3) is 2.74. The van der Waals surface area contributed by atoms with E-state index in [1.807, 2.05) is 65.2 Å². The van der Waals surface area contributed by atoms with Crippen LogP contribution in [0.5, 0.6) is 0 Å². The van der Waals surface area contributed by atoms with Gasteiger partial charge in [0.15, 0.2) is 11.7 Å². The van der Waals surface area contributed by atoms with Crippen LogP contribution in [0.3, 0.4) is 0 Å². The van der Waals surface area contributed by atoms with Gasteiger partial charge < -0.3 is 15.5 Å². The highest BCUT2D eigenvalue weighted by atomic mass is 35.5. The molecule has 4 N–H and O–H groups in total. The smallest absolute Gasteiger partial charge is 0.155 e. The van der Waals surface area contributed by atoms with Crippen molar-refractivity contribution in [3.8, 4) is 0 Å². The standard InChI is InChI=1S/C18H14ClN7/c19-12-4-1-2-5-13(12)22-18-16-6-3-9-26(16)15-8-7-11(10-14(15)23-18)17(20)24-25-21/h1-10H,(H,22,23)(H3,20,21,24). The van der Waals surface area contributed by atoms with Crippen LogP contribution in [0.2, 0.25) is 5.02 Å². The maximum absolute atomic E-state index is 6.83. The second-order valence-corrected chi connectivity index (χ2v) is 6.02. The fourth-order valence-corrected chi connectivity index (χ4v) is 3.01. The number of nitrogens with two attached hydrogens (primary N) is 1. The Kier molecular flexibility index (Phi) is 3.98. The molecule has 4 aromatic rings. The van der Waals surface area contributed by atoms with Crippen molar-refractivity contribution in [2.24, 2.45) is 16.1 Å². The molecule has 0 amide bonds. The fourth-order valence-electron chi connectivity index (χ4n) is 2.83. The molecule has 2 heterocycles. The number of nitrogens with one attached hydrogen (secondary N) is 2. The van der Waals surface area contributed by atoms with Crippen molar-refractivity contribution in [2.45, 2.75) is 0 Å². The summed E-state index contributed by atoms with van der Waals surface area (Å²) in [5, 5.41) is 10.5. The third-order valence-electron chi connectivity index (χ3n) is 4.04. The molecule has 0 radical (unpaired) electrons. The summed E-state index contributed by atoms with van der Waals surface area (Å²) in [7, 11) is 0. The van der Waals surface area contributed by atoms with Gasteiger partial charge in [0.2, 0.25) is 0 Å². The second kappa shape index (κ2) is 6.45. The van der Waals surface area contributed by atoms with Crippen molar-refractivity contribution < 1.29 is 0 Å². The molecular formula is C18H14ClN7. The lowest BCUT2D eigenvalue weighted by atomic mass is 10.1. The Bertz CT molecular complexity index is 1160. The molecule has 2 aromatic carbocycles. The molecule has 0 aliphatic heterocycles. The largest absolute Gasteiger partial charge is 0.382 e. The first-order chi connectivity index (χ1) is 12.7. The molecule has 0 saturated heterocycles. The number of halogens is 1. The van der Waals surface area contributed by atoms with Crippen LogP contribution in [0, 0.1) is 5.53 Å². The van der Waals surface area contributed by atoms with E-state index in [4.69, 9.17) is 27.8 Å². The van der Waals surface area contributed by atoms with Crippen LogP contribution < -0.4 is 11.1 Å². The Morgan fingerprint density at radius 3 is 2.77 bits per heavy atom. The Morgan fingerprint density at radius 2 is 1.96 bits per heavy atom. The molecular weight excluding hydrogens is 350 g/mol. The van der Waals surface area contributed by atoms with Gasteiger partial charge >= 0.3 is 0 Å². The SMILES string of the molecule is N=NN=C(N)c1ccc2c(c1)nc(Nc1ccccc1Cl)c1cccn12. The van der Waals surface area contributed by atoms with E-state index >= 15 is 0 Å². The molecule has 0 unspecified atom stereocenters. The zero-order chi connectivity index (χ0) is 18.1. The van der Waals surface area contributed by atoms with Crippen molar-refractivity contribution >= 4 is 45.5 Å². The Hall–Kier alpha value is -3.45. The summed E-state index contributed by atoms with van der Waals surface area (Å²) in [4.78, 5) is 4.74. The van der Waals surface area contributed by atoms with Gasteiger partial charge in [0.25, 0.3) is 0 Å². The zero-order valence-corrected chi connectivity index (χ0v) is 14.3. The monoisotopic (exact) mass is 363 g/mol. The van der Waals surface area contributed by atoms with Gasteiger partial charge in [-0.1, -0.05) is 29.0 Å². The van der Waals surface area contributed by atoms with Crippen LogP contribution in [0.15, 0.2) is 71.1 Å². The summed E-state index contributed by atoms with van der Waals surface area (Å²) in [6.45, 7) is 0. The van der Waals surface area contributed by atoms with E-state index in [1.165, 1.54) is 0 Å². The van der Waals surface area contributed by atoms with Crippen molar-refractivity contribution in [1.82, 2.24) is 9.38 Å². The highest BCUT2D eigenvalue weighted by molar-refractivity contribution is 6.33. The molecule has 0 aliphatic carbocycles. The maximum atomic E-state index is 6.83. The molecule has 0 bridgehead atoms. The number of anilines is 2. The normalized spacial score (nSPS) is 11.8. The minimum atomic E-state index is 0.164. The van der Waals surface area contributed by atoms with Crippen LogP contribution in [0.25, 0.3) is 16.6 Å². The summed E-state index contributed by atoms with van der Waals surface area (Å²) in [5.74, 6) is 0.838. The van der Waals surface area contributed by atoms with Crippen LogP contribution in [0.4, 0.5) is 11.5 Å². The van der Waals surface area contributed by atoms with Crippen LogP contribution in [0.1, 0.15) is 5.56 Å². The van der Waals surface area contributed by atoms with Gasteiger partial charge in [-0.05, 0) is 42.5 Å². The average molecular weight is 364 g/mol. The number of amidine groups is 1. The van der Waals surface area contributed by atoms with Crippen LogP contribution in [-0.2, 0) is 0 Å². The molecule has 128 valence electrons. The fraction of sp³-hybridized carbons (Fsp3) is 0. The van der Waals surface area contributed by atoms with E-state index in [1.54, 1.807) is 0 Å². The molecule has 7 nitrogen and oxygen atoms in total. The first kappa shape index (κ1) is 16.0. The second-order valence-electron chi connectivity index (χ2n) is 5.62. The highest BCUT2D eigenvalue weighted by Gasteiger charge is 2.11. The summed E-state index contributed by atoms with van der Waals surface area (Å²) >= 11 is 6.26. The number of fused-ring (bicyclic) bond motifs is 3. The molecule has 26 heavy (non-hydrogen) atoms. The predicted octanol–water partition coefficient (Wildman–Crippen LogP) is 4.54. The first-order valence-corrected chi connectivity index (χ1v) is 8.18. The molecule has 4 rings (SSSR count). The summed E-state index contributed by atoms with van der Waals surface area (Å²) < 4.78 is 2.04. The minimum Gasteiger partial charge on any atom is -0.382 e. The molecule has 0 spiro atoms. The van der Waals surface area contributed by atoms with E-state index in [0.717, 1.165) is 22.2 Å². The predicted molar refractivity (Wildman–Crippen MR) is 103 cm³/mol. The Balaban J connectivity index is 1.91. The van der Waals surface area contributed by atoms with Gasteiger partial charge in [-0.15, -0.1) is 5.10 Å². The number of aromatic nitrogens is 2. The molecule has 0 atom stereocenters. The molecule has 0 fully saturated rings. The van der Waals surface area contributed by atoms with Crippen LogP contribution >= 0.6 is 11.6 Å². The number of hydrogen-bond donors (Lipinski definition) is 3. The number of para-hydroxylation sites is 1. The lowest BCUT2D eigenvalue weighted by molar-refractivity contribution is 0.986. The van der Waals surface area contributed by atoms with Gasteiger partial charge in [-0.3, -0.25) is 0 Å². The van der Waals surface area contributed by atoms with E-state index in [9.17, 15) is 0 Å². The third-order valence-corrected chi connectivity index (χ3v) is 4.37. The van der Waals surface area contributed by atoms with Crippen LogP contribution in [-0.4, -0.2) is 15.2 Å². The molecule has 8 heteroatoms. The molecule has 0 saturated carbocycles.